The lowest BCUT2D eigenvalue weighted by atomic mass is 9.93. The zero-order valence-electron chi connectivity index (χ0n) is 12.0. The molecule has 0 spiro atoms. The van der Waals surface area contributed by atoms with Gasteiger partial charge in [-0.05, 0) is 32.7 Å². The smallest absolute Gasteiger partial charge is 0.227 e. The van der Waals surface area contributed by atoms with E-state index in [-0.39, 0.29) is 23.4 Å². The summed E-state index contributed by atoms with van der Waals surface area (Å²) in [4.78, 5) is 12.4. The third kappa shape index (κ3) is 3.91. The summed E-state index contributed by atoms with van der Waals surface area (Å²) in [5.41, 5.74) is -0.215. The van der Waals surface area contributed by atoms with Crippen molar-refractivity contribution in [2.24, 2.45) is 5.92 Å². The summed E-state index contributed by atoms with van der Waals surface area (Å²) in [6.45, 7) is 7.68. The Morgan fingerprint density at radius 2 is 2.21 bits per heavy atom. The number of hydrogen-bond donors (Lipinski definition) is 2. The summed E-state index contributed by atoms with van der Waals surface area (Å²) in [6.07, 6.45) is 3.06. The van der Waals surface area contributed by atoms with Gasteiger partial charge in [0.15, 0.2) is 0 Å². The van der Waals surface area contributed by atoms with Crippen molar-refractivity contribution in [3.05, 3.63) is 0 Å². The minimum Gasteiger partial charge on any atom is -0.379 e. The molecule has 3 unspecified atom stereocenters. The Morgan fingerprint density at radius 3 is 2.89 bits per heavy atom. The van der Waals surface area contributed by atoms with E-state index in [0.717, 1.165) is 32.4 Å². The van der Waals surface area contributed by atoms with Crippen LogP contribution >= 0.6 is 0 Å². The van der Waals surface area contributed by atoms with Crippen LogP contribution in [-0.4, -0.2) is 50.5 Å². The molecule has 5 heteroatoms. The van der Waals surface area contributed by atoms with E-state index in [1.165, 1.54) is 0 Å². The molecule has 2 heterocycles. The molecule has 2 aliphatic heterocycles. The predicted octanol–water partition coefficient (Wildman–Crippen LogP) is 0.686. The second kappa shape index (κ2) is 6.68. The Labute approximate surface area is 115 Å². The van der Waals surface area contributed by atoms with Crippen LogP contribution in [0.25, 0.3) is 0 Å². The molecule has 0 aromatic rings. The summed E-state index contributed by atoms with van der Waals surface area (Å²) in [5, 5.41) is 6.55. The molecule has 0 radical (unpaired) electrons. The van der Waals surface area contributed by atoms with E-state index in [1.54, 1.807) is 0 Å². The Balaban J connectivity index is 1.87. The fourth-order valence-electron chi connectivity index (χ4n) is 2.77. The van der Waals surface area contributed by atoms with Gasteiger partial charge in [-0.1, -0.05) is 6.92 Å². The average molecular weight is 270 g/mol. The van der Waals surface area contributed by atoms with Crippen molar-refractivity contribution >= 4 is 5.91 Å². The van der Waals surface area contributed by atoms with Crippen LogP contribution in [0.1, 0.15) is 33.1 Å². The lowest BCUT2D eigenvalue weighted by Crippen LogP contribution is -2.55. The third-order valence-electron chi connectivity index (χ3n) is 3.94. The van der Waals surface area contributed by atoms with E-state index in [9.17, 15) is 4.79 Å². The van der Waals surface area contributed by atoms with Crippen LogP contribution in [-0.2, 0) is 14.3 Å². The zero-order valence-corrected chi connectivity index (χ0v) is 12.0. The van der Waals surface area contributed by atoms with Gasteiger partial charge in [-0.3, -0.25) is 4.79 Å². The molecular weight excluding hydrogens is 244 g/mol. The highest BCUT2D eigenvalue weighted by atomic mass is 16.5. The molecule has 0 bridgehead atoms. The average Bonchev–Trinajstić information content (AvgIpc) is 2.85. The number of carbonyl (C=O) groups is 1. The maximum absolute atomic E-state index is 12.4. The van der Waals surface area contributed by atoms with Crippen molar-refractivity contribution in [1.29, 1.82) is 0 Å². The van der Waals surface area contributed by atoms with Crippen molar-refractivity contribution in [3.8, 4) is 0 Å². The van der Waals surface area contributed by atoms with Crippen LogP contribution in [0.3, 0.4) is 0 Å². The topological polar surface area (TPSA) is 59.6 Å². The highest BCUT2D eigenvalue weighted by molar-refractivity contribution is 5.80. The van der Waals surface area contributed by atoms with E-state index in [0.29, 0.717) is 19.8 Å². The molecule has 1 amide bonds. The molecule has 3 atom stereocenters. The number of nitrogens with one attached hydrogen (secondary N) is 2. The van der Waals surface area contributed by atoms with Crippen LogP contribution in [0.5, 0.6) is 0 Å². The van der Waals surface area contributed by atoms with Gasteiger partial charge in [0.25, 0.3) is 0 Å². The first-order valence-corrected chi connectivity index (χ1v) is 7.35. The number of ether oxygens (including phenoxy) is 2. The molecule has 0 aromatic heterocycles. The normalized spacial score (nSPS) is 35.3. The first kappa shape index (κ1) is 14.8. The van der Waals surface area contributed by atoms with Crippen LogP contribution < -0.4 is 10.6 Å². The lowest BCUT2D eigenvalue weighted by Gasteiger charge is -2.35. The molecule has 0 aliphatic carbocycles. The molecule has 2 aliphatic rings. The van der Waals surface area contributed by atoms with Crippen molar-refractivity contribution in [2.75, 3.05) is 33.0 Å². The largest absolute Gasteiger partial charge is 0.379 e. The van der Waals surface area contributed by atoms with Gasteiger partial charge in [0.2, 0.25) is 5.91 Å². The third-order valence-corrected chi connectivity index (χ3v) is 3.94. The van der Waals surface area contributed by atoms with E-state index < -0.39 is 0 Å². The highest BCUT2D eigenvalue weighted by Gasteiger charge is 2.37. The van der Waals surface area contributed by atoms with E-state index in [2.05, 4.69) is 24.5 Å². The predicted molar refractivity (Wildman–Crippen MR) is 73.0 cm³/mol. The first-order chi connectivity index (χ1) is 9.14. The molecule has 19 heavy (non-hydrogen) atoms. The molecule has 0 aromatic carbocycles. The summed E-state index contributed by atoms with van der Waals surface area (Å²) >= 11 is 0. The number of amides is 1. The van der Waals surface area contributed by atoms with Gasteiger partial charge < -0.3 is 20.1 Å². The van der Waals surface area contributed by atoms with Crippen LogP contribution in [0, 0.1) is 5.92 Å². The van der Waals surface area contributed by atoms with E-state index >= 15 is 0 Å². The van der Waals surface area contributed by atoms with Gasteiger partial charge in [-0.25, -0.2) is 0 Å². The van der Waals surface area contributed by atoms with Crippen molar-refractivity contribution < 1.29 is 14.3 Å². The van der Waals surface area contributed by atoms with Crippen molar-refractivity contribution in [1.82, 2.24) is 10.6 Å². The highest BCUT2D eigenvalue weighted by Crippen LogP contribution is 2.21. The molecule has 5 nitrogen and oxygen atoms in total. The maximum atomic E-state index is 12.4. The summed E-state index contributed by atoms with van der Waals surface area (Å²) in [5.74, 6) is 0.0180. The monoisotopic (exact) mass is 270 g/mol. The second-order valence-electron chi connectivity index (χ2n) is 5.91. The van der Waals surface area contributed by atoms with Crippen molar-refractivity contribution in [3.63, 3.8) is 0 Å². The molecule has 2 fully saturated rings. The number of carbonyl (C=O) groups excluding carboxylic acids is 1. The summed E-state index contributed by atoms with van der Waals surface area (Å²) in [6, 6.07) is 0.146. The first-order valence-electron chi connectivity index (χ1n) is 7.35. The summed E-state index contributed by atoms with van der Waals surface area (Å²) in [7, 11) is 0. The summed E-state index contributed by atoms with van der Waals surface area (Å²) < 4.78 is 10.9. The number of hydrogen-bond acceptors (Lipinski definition) is 4. The minimum atomic E-state index is -0.215. The SMILES string of the molecule is CCCNC1COCC1C(=O)NC1(C)CCCOC1. The van der Waals surface area contributed by atoms with Crippen LogP contribution in [0.4, 0.5) is 0 Å². The zero-order chi connectivity index (χ0) is 13.7. The lowest BCUT2D eigenvalue weighted by molar-refractivity contribution is -0.129. The van der Waals surface area contributed by atoms with Crippen molar-refractivity contribution in [2.45, 2.75) is 44.7 Å². The van der Waals surface area contributed by atoms with Crippen LogP contribution in [0.2, 0.25) is 0 Å². The minimum absolute atomic E-state index is 0.0784. The Kier molecular flexibility index (Phi) is 5.19. The molecule has 0 saturated carbocycles. The second-order valence-corrected chi connectivity index (χ2v) is 5.91. The van der Waals surface area contributed by atoms with Gasteiger partial charge in [0.05, 0.1) is 31.3 Å². The maximum Gasteiger partial charge on any atom is 0.227 e. The van der Waals surface area contributed by atoms with Gasteiger partial charge >= 0.3 is 0 Å². The van der Waals surface area contributed by atoms with Gasteiger partial charge in [0.1, 0.15) is 0 Å². The standard InChI is InChI=1S/C14H26N2O3/c1-3-6-15-12-9-19-8-11(12)13(17)16-14(2)5-4-7-18-10-14/h11-12,15H,3-10H2,1-2H3,(H,16,17). The molecule has 2 N–H and O–H groups in total. The fraction of sp³-hybridized carbons (Fsp3) is 0.929. The van der Waals surface area contributed by atoms with Gasteiger partial charge in [-0.15, -0.1) is 0 Å². The molecule has 110 valence electrons. The van der Waals surface area contributed by atoms with E-state index in [4.69, 9.17) is 9.47 Å². The Morgan fingerprint density at radius 1 is 1.37 bits per heavy atom. The molecule has 2 rings (SSSR count). The number of rotatable bonds is 5. The van der Waals surface area contributed by atoms with Gasteiger partial charge in [0, 0.05) is 12.6 Å². The fourth-order valence-corrected chi connectivity index (χ4v) is 2.77. The molecule has 2 saturated heterocycles. The Bertz CT molecular complexity index is 303. The molecular formula is C14H26N2O3. The quantitative estimate of drug-likeness (QED) is 0.771. The van der Waals surface area contributed by atoms with Gasteiger partial charge in [-0.2, -0.15) is 0 Å². The van der Waals surface area contributed by atoms with E-state index in [1.807, 2.05) is 0 Å². The van der Waals surface area contributed by atoms with Crippen LogP contribution in [0.15, 0.2) is 0 Å². The Hall–Kier alpha value is -0.650.